The number of nitrogens with zero attached hydrogens (tertiary/aromatic N) is 3. The zero-order valence-electron chi connectivity index (χ0n) is 8.74. The quantitative estimate of drug-likeness (QED) is 0.837. The Morgan fingerprint density at radius 3 is 2.81 bits per heavy atom. The predicted molar refractivity (Wildman–Crippen MR) is 60.3 cm³/mol. The first-order valence-corrected chi connectivity index (χ1v) is 5.01. The molecular formula is C12H12N4. The Hall–Kier alpha value is -2.12. The van der Waals surface area contributed by atoms with E-state index in [0.29, 0.717) is 6.54 Å². The molecule has 80 valence electrons. The fourth-order valence-electron chi connectivity index (χ4n) is 1.47. The molecule has 0 bridgehead atoms. The second kappa shape index (κ2) is 4.60. The summed E-state index contributed by atoms with van der Waals surface area (Å²) in [6.45, 7) is 0.693. The molecule has 2 rings (SSSR count). The Morgan fingerprint density at radius 2 is 2.12 bits per heavy atom. The van der Waals surface area contributed by atoms with Crippen molar-refractivity contribution in [2.75, 3.05) is 0 Å². The van der Waals surface area contributed by atoms with Crippen molar-refractivity contribution in [3.8, 4) is 6.07 Å². The highest BCUT2D eigenvalue weighted by Gasteiger charge is 2.06. The van der Waals surface area contributed by atoms with Crippen LogP contribution in [0.4, 0.5) is 0 Å². The van der Waals surface area contributed by atoms with Crippen LogP contribution >= 0.6 is 0 Å². The van der Waals surface area contributed by atoms with E-state index < -0.39 is 6.04 Å². The highest BCUT2D eigenvalue weighted by Crippen LogP contribution is 2.09. The highest BCUT2D eigenvalue weighted by molar-refractivity contribution is 5.19. The molecule has 1 heterocycles. The molecule has 0 spiro atoms. The Kier molecular flexibility index (Phi) is 2.99. The van der Waals surface area contributed by atoms with E-state index in [0.717, 1.165) is 5.56 Å². The van der Waals surface area contributed by atoms with Gasteiger partial charge >= 0.3 is 0 Å². The van der Waals surface area contributed by atoms with Gasteiger partial charge in [-0.15, -0.1) is 0 Å². The van der Waals surface area contributed by atoms with Crippen LogP contribution in [0.5, 0.6) is 0 Å². The van der Waals surface area contributed by atoms with Crippen LogP contribution in [0.2, 0.25) is 0 Å². The molecule has 4 nitrogen and oxygen atoms in total. The minimum atomic E-state index is -0.593. The molecule has 0 amide bonds. The maximum absolute atomic E-state index is 8.68. The van der Waals surface area contributed by atoms with Gasteiger partial charge in [0.15, 0.2) is 0 Å². The SMILES string of the molecule is N#CC(N)c1cnn(Cc2ccccc2)c1. The summed E-state index contributed by atoms with van der Waals surface area (Å²) >= 11 is 0. The van der Waals surface area contributed by atoms with Gasteiger partial charge in [0.25, 0.3) is 0 Å². The Morgan fingerprint density at radius 1 is 1.38 bits per heavy atom. The van der Waals surface area contributed by atoms with Gasteiger partial charge in [-0.25, -0.2) is 0 Å². The molecule has 2 N–H and O–H groups in total. The van der Waals surface area contributed by atoms with Crippen LogP contribution in [0.3, 0.4) is 0 Å². The van der Waals surface area contributed by atoms with Crippen molar-refractivity contribution in [1.29, 1.82) is 5.26 Å². The molecule has 0 aliphatic rings. The summed E-state index contributed by atoms with van der Waals surface area (Å²) in [6.07, 6.45) is 3.44. The van der Waals surface area contributed by atoms with Gasteiger partial charge < -0.3 is 5.73 Å². The summed E-state index contributed by atoms with van der Waals surface area (Å²) in [5.74, 6) is 0. The minimum Gasteiger partial charge on any atom is -0.312 e. The molecular weight excluding hydrogens is 200 g/mol. The van der Waals surface area contributed by atoms with Gasteiger partial charge in [0.1, 0.15) is 6.04 Å². The number of nitrogens with two attached hydrogens (primary N) is 1. The smallest absolute Gasteiger partial charge is 0.121 e. The number of hydrogen-bond donors (Lipinski definition) is 1. The van der Waals surface area contributed by atoms with Crippen molar-refractivity contribution < 1.29 is 0 Å². The van der Waals surface area contributed by atoms with Crippen LogP contribution in [0.1, 0.15) is 17.2 Å². The molecule has 16 heavy (non-hydrogen) atoms. The first kappa shape index (κ1) is 10.4. The zero-order chi connectivity index (χ0) is 11.4. The molecule has 0 saturated heterocycles. The van der Waals surface area contributed by atoms with Gasteiger partial charge in [-0.05, 0) is 5.56 Å². The second-order valence-corrected chi connectivity index (χ2v) is 3.56. The average molecular weight is 212 g/mol. The van der Waals surface area contributed by atoms with Crippen molar-refractivity contribution in [2.45, 2.75) is 12.6 Å². The Labute approximate surface area is 93.9 Å². The van der Waals surface area contributed by atoms with Crippen LogP contribution in [-0.2, 0) is 6.54 Å². The lowest BCUT2D eigenvalue weighted by molar-refractivity contribution is 0.685. The van der Waals surface area contributed by atoms with Crippen molar-refractivity contribution in [3.63, 3.8) is 0 Å². The van der Waals surface area contributed by atoms with E-state index in [1.54, 1.807) is 17.1 Å². The number of rotatable bonds is 3. The van der Waals surface area contributed by atoms with E-state index in [4.69, 9.17) is 11.0 Å². The van der Waals surface area contributed by atoms with Gasteiger partial charge in [0.05, 0.1) is 18.8 Å². The topological polar surface area (TPSA) is 67.6 Å². The molecule has 1 aromatic heterocycles. The standard InChI is InChI=1S/C12H12N4/c13-6-12(14)11-7-15-16(9-11)8-10-4-2-1-3-5-10/h1-5,7,9,12H,8,14H2. The minimum absolute atomic E-state index is 0.593. The van der Waals surface area contributed by atoms with Crippen LogP contribution in [0, 0.1) is 11.3 Å². The summed E-state index contributed by atoms with van der Waals surface area (Å²) in [6, 6.07) is 11.4. The van der Waals surface area contributed by atoms with Gasteiger partial charge in [-0.3, -0.25) is 4.68 Å². The van der Waals surface area contributed by atoms with Crippen LogP contribution < -0.4 is 5.73 Å². The third kappa shape index (κ3) is 2.27. The van der Waals surface area contributed by atoms with E-state index in [2.05, 4.69) is 5.10 Å². The lowest BCUT2D eigenvalue weighted by atomic mass is 10.2. The lowest BCUT2D eigenvalue weighted by Gasteiger charge is -2.01. The van der Waals surface area contributed by atoms with Gasteiger partial charge in [-0.2, -0.15) is 10.4 Å². The normalized spacial score (nSPS) is 12.0. The number of aromatic nitrogens is 2. The Bertz CT molecular complexity index is 495. The van der Waals surface area contributed by atoms with Crippen molar-refractivity contribution in [1.82, 2.24) is 9.78 Å². The zero-order valence-corrected chi connectivity index (χ0v) is 8.74. The summed E-state index contributed by atoms with van der Waals surface area (Å²) in [7, 11) is 0. The second-order valence-electron chi connectivity index (χ2n) is 3.56. The van der Waals surface area contributed by atoms with E-state index in [9.17, 15) is 0 Å². The van der Waals surface area contributed by atoms with Crippen LogP contribution in [0.25, 0.3) is 0 Å². The van der Waals surface area contributed by atoms with Gasteiger partial charge in [-0.1, -0.05) is 30.3 Å². The molecule has 0 radical (unpaired) electrons. The lowest BCUT2D eigenvalue weighted by Crippen LogP contribution is -2.06. The number of hydrogen-bond acceptors (Lipinski definition) is 3. The first-order valence-electron chi connectivity index (χ1n) is 5.01. The first-order chi connectivity index (χ1) is 7.79. The molecule has 1 unspecified atom stereocenters. The van der Waals surface area contributed by atoms with E-state index in [1.807, 2.05) is 36.4 Å². The highest BCUT2D eigenvalue weighted by atomic mass is 15.3. The van der Waals surface area contributed by atoms with E-state index in [1.165, 1.54) is 5.56 Å². The molecule has 4 heteroatoms. The Balaban J connectivity index is 2.12. The number of benzene rings is 1. The number of nitriles is 1. The average Bonchev–Trinajstić information content (AvgIpc) is 2.78. The monoisotopic (exact) mass is 212 g/mol. The molecule has 0 aliphatic carbocycles. The largest absolute Gasteiger partial charge is 0.312 e. The fraction of sp³-hybridized carbons (Fsp3) is 0.167. The fourth-order valence-corrected chi connectivity index (χ4v) is 1.47. The van der Waals surface area contributed by atoms with Crippen LogP contribution in [0.15, 0.2) is 42.7 Å². The predicted octanol–water partition coefficient (Wildman–Crippen LogP) is 1.45. The molecule has 0 saturated carbocycles. The van der Waals surface area contributed by atoms with E-state index in [-0.39, 0.29) is 0 Å². The van der Waals surface area contributed by atoms with Crippen molar-refractivity contribution in [3.05, 3.63) is 53.9 Å². The third-order valence-corrected chi connectivity index (χ3v) is 2.34. The van der Waals surface area contributed by atoms with Gasteiger partial charge in [0, 0.05) is 11.8 Å². The van der Waals surface area contributed by atoms with E-state index >= 15 is 0 Å². The van der Waals surface area contributed by atoms with Crippen LogP contribution in [-0.4, -0.2) is 9.78 Å². The van der Waals surface area contributed by atoms with Crippen molar-refractivity contribution in [2.24, 2.45) is 5.73 Å². The van der Waals surface area contributed by atoms with Gasteiger partial charge in [0.2, 0.25) is 0 Å². The molecule has 1 atom stereocenters. The molecule has 2 aromatic rings. The van der Waals surface area contributed by atoms with Crippen molar-refractivity contribution >= 4 is 0 Å². The molecule has 1 aromatic carbocycles. The summed E-state index contributed by atoms with van der Waals surface area (Å²) in [5.41, 5.74) is 7.50. The summed E-state index contributed by atoms with van der Waals surface area (Å²) in [5, 5.41) is 12.8. The molecule has 0 fully saturated rings. The summed E-state index contributed by atoms with van der Waals surface area (Å²) in [4.78, 5) is 0. The maximum Gasteiger partial charge on any atom is 0.121 e. The summed E-state index contributed by atoms with van der Waals surface area (Å²) < 4.78 is 1.78. The molecule has 0 aliphatic heterocycles. The maximum atomic E-state index is 8.68. The third-order valence-electron chi connectivity index (χ3n) is 2.34.